The summed E-state index contributed by atoms with van der Waals surface area (Å²) in [5, 5.41) is 0. The normalized spacial score (nSPS) is 14.6. The van der Waals surface area contributed by atoms with Crippen molar-refractivity contribution in [1.82, 2.24) is 9.80 Å². The maximum Gasteiger partial charge on any atom is 0.333 e. The number of carbonyl (C=O) groups excluding carboxylic acids is 3. The number of terminal acetylenes is 1. The highest BCUT2D eigenvalue weighted by molar-refractivity contribution is 6.30. The van der Waals surface area contributed by atoms with Gasteiger partial charge in [-0.15, -0.1) is 6.42 Å². The largest absolute Gasteiger partial charge is 0.493 e. The summed E-state index contributed by atoms with van der Waals surface area (Å²) < 4.78 is 10.7. The van der Waals surface area contributed by atoms with Crippen molar-refractivity contribution in [3.8, 4) is 23.8 Å². The summed E-state index contributed by atoms with van der Waals surface area (Å²) in [7, 11) is 4.08. The molecule has 0 unspecified atom stereocenters. The molecule has 0 atom stereocenters. The van der Waals surface area contributed by atoms with Crippen molar-refractivity contribution >= 4 is 23.9 Å². The molecular weight excluding hydrogens is 312 g/mol. The third-order valence-corrected chi connectivity index (χ3v) is 3.47. The molecule has 124 valence electrons. The number of ether oxygens (including phenoxy) is 2. The number of barbiturate groups is 1. The molecule has 1 aromatic rings. The Balaban J connectivity index is 2.54. The van der Waals surface area contributed by atoms with E-state index >= 15 is 0 Å². The van der Waals surface area contributed by atoms with E-state index in [9.17, 15) is 14.4 Å². The molecule has 24 heavy (non-hydrogen) atoms. The zero-order chi connectivity index (χ0) is 17.9. The zero-order valence-electron chi connectivity index (χ0n) is 13.5. The number of para-hydroxylation sites is 1. The summed E-state index contributed by atoms with van der Waals surface area (Å²) in [6.45, 7) is -0.00324. The Morgan fingerprint density at radius 3 is 2.33 bits per heavy atom. The number of imide groups is 2. The number of methoxy groups -OCH3 is 1. The van der Waals surface area contributed by atoms with Gasteiger partial charge in [0, 0.05) is 19.7 Å². The summed E-state index contributed by atoms with van der Waals surface area (Å²) in [6, 6.07) is 4.32. The molecule has 0 bridgehead atoms. The van der Waals surface area contributed by atoms with E-state index in [-0.39, 0.29) is 12.2 Å². The number of hydrogen-bond donors (Lipinski definition) is 0. The topological polar surface area (TPSA) is 76.2 Å². The number of hydrogen-bond acceptors (Lipinski definition) is 5. The molecule has 4 amide bonds. The van der Waals surface area contributed by atoms with Crippen LogP contribution in [0.15, 0.2) is 23.8 Å². The average Bonchev–Trinajstić information content (AvgIpc) is 2.60. The molecule has 0 aliphatic carbocycles. The van der Waals surface area contributed by atoms with E-state index in [0.717, 1.165) is 9.80 Å². The second kappa shape index (κ2) is 6.87. The van der Waals surface area contributed by atoms with E-state index in [1.165, 1.54) is 27.3 Å². The molecule has 0 spiro atoms. The van der Waals surface area contributed by atoms with Crippen molar-refractivity contribution in [2.24, 2.45) is 0 Å². The van der Waals surface area contributed by atoms with Gasteiger partial charge in [0.25, 0.3) is 11.8 Å². The predicted octanol–water partition coefficient (Wildman–Crippen LogP) is 1.14. The van der Waals surface area contributed by atoms with Crippen molar-refractivity contribution in [3.05, 3.63) is 29.3 Å². The van der Waals surface area contributed by atoms with Crippen molar-refractivity contribution in [1.29, 1.82) is 0 Å². The Kier molecular flexibility index (Phi) is 4.90. The first-order chi connectivity index (χ1) is 11.4. The minimum absolute atomic E-state index is 0.00324. The molecule has 1 aliphatic heterocycles. The molecule has 0 aromatic heterocycles. The number of carbonyl (C=O) groups is 3. The number of urea groups is 1. The molecule has 1 saturated heterocycles. The van der Waals surface area contributed by atoms with E-state index in [2.05, 4.69) is 5.92 Å². The van der Waals surface area contributed by atoms with Crippen LogP contribution in [0.25, 0.3) is 6.08 Å². The van der Waals surface area contributed by atoms with Gasteiger partial charge in [0.05, 0.1) is 7.11 Å². The number of likely N-dealkylation sites (N-methyl/N-ethyl adjacent to an activating group) is 2. The van der Waals surface area contributed by atoms with Crippen LogP contribution in [0.1, 0.15) is 5.56 Å². The highest BCUT2D eigenvalue weighted by Gasteiger charge is 2.38. The van der Waals surface area contributed by atoms with Gasteiger partial charge in [-0.1, -0.05) is 18.1 Å². The second-order valence-electron chi connectivity index (χ2n) is 4.94. The molecule has 7 nitrogen and oxygen atoms in total. The summed E-state index contributed by atoms with van der Waals surface area (Å²) in [4.78, 5) is 38.0. The van der Waals surface area contributed by atoms with Crippen LogP contribution in [0.5, 0.6) is 11.5 Å². The summed E-state index contributed by atoms with van der Waals surface area (Å²) >= 11 is 0. The fraction of sp³-hybridized carbons (Fsp3) is 0.235. The van der Waals surface area contributed by atoms with Gasteiger partial charge in [-0.25, -0.2) is 4.79 Å². The van der Waals surface area contributed by atoms with E-state index in [4.69, 9.17) is 15.9 Å². The molecule has 7 heteroatoms. The third kappa shape index (κ3) is 2.94. The lowest BCUT2D eigenvalue weighted by molar-refractivity contribution is -0.134. The zero-order valence-corrected chi connectivity index (χ0v) is 13.5. The summed E-state index contributed by atoms with van der Waals surface area (Å²) in [5.41, 5.74) is 0.288. The van der Waals surface area contributed by atoms with E-state index in [0.29, 0.717) is 17.1 Å². The van der Waals surface area contributed by atoms with Crippen molar-refractivity contribution in [3.63, 3.8) is 0 Å². The summed E-state index contributed by atoms with van der Waals surface area (Å²) in [5.74, 6) is 1.69. The van der Waals surface area contributed by atoms with Crippen LogP contribution in [0, 0.1) is 12.3 Å². The van der Waals surface area contributed by atoms with Crippen molar-refractivity contribution < 1.29 is 23.9 Å². The van der Waals surface area contributed by atoms with Crippen LogP contribution < -0.4 is 9.47 Å². The van der Waals surface area contributed by atoms with Crippen LogP contribution in [0.2, 0.25) is 0 Å². The number of benzene rings is 1. The van der Waals surface area contributed by atoms with Gasteiger partial charge in [0.2, 0.25) is 0 Å². The van der Waals surface area contributed by atoms with Crippen LogP contribution in [0.3, 0.4) is 0 Å². The van der Waals surface area contributed by atoms with E-state index in [1.807, 2.05) is 0 Å². The molecule has 0 N–H and O–H groups in total. The fourth-order valence-corrected chi connectivity index (χ4v) is 2.21. The number of amides is 4. The Bertz CT molecular complexity index is 750. The third-order valence-electron chi connectivity index (χ3n) is 3.47. The monoisotopic (exact) mass is 328 g/mol. The Morgan fingerprint density at radius 2 is 1.79 bits per heavy atom. The predicted molar refractivity (Wildman–Crippen MR) is 86.2 cm³/mol. The summed E-state index contributed by atoms with van der Waals surface area (Å²) in [6.07, 6.45) is 6.57. The molecule has 0 saturated carbocycles. The van der Waals surface area contributed by atoms with Gasteiger partial charge >= 0.3 is 6.03 Å². The first-order valence-corrected chi connectivity index (χ1v) is 6.97. The lowest BCUT2D eigenvalue weighted by Crippen LogP contribution is -2.52. The minimum atomic E-state index is -0.686. The molecule has 2 rings (SSSR count). The molecule has 1 aromatic carbocycles. The second-order valence-corrected chi connectivity index (χ2v) is 4.94. The van der Waals surface area contributed by atoms with Gasteiger partial charge in [-0.3, -0.25) is 19.4 Å². The molecule has 1 aliphatic rings. The minimum Gasteiger partial charge on any atom is -0.493 e. The Morgan fingerprint density at radius 1 is 1.17 bits per heavy atom. The van der Waals surface area contributed by atoms with Gasteiger partial charge in [-0.05, 0) is 12.1 Å². The maximum atomic E-state index is 12.3. The lowest BCUT2D eigenvalue weighted by Gasteiger charge is -2.29. The molecule has 1 heterocycles. The maximum absolute atomic E-state index is 12.3. The first-order valence-electron chi connectivity index (χ1n) is 6.97. The van der Waals surface area contributed by atoms with Crippen molar-refractivity contribution in [2.45, 2.75) is 0 Å². The van der Waals surface area contributed by atoms with Gasteiger partial charge < -0.3 is 9.47 Å². The van der Waals surface area contributed by atoms with Gasteiger partial charge in [-0.2, -0.15) is 0 Å². The van der Waals surface area contributed by atoms with Gasteiger partial charge in [0.1, 0.15) is 12.2 Å². The number of rotatable bonds is 4. The van der Waals surface area contributed by atoms with Crippen LogP contribution >= 0.6 is 0 Å². The van der Waals surface area contributed by atoms with E-state index in [1.54, 1.807) is 18.2 Å². The van der Waals surface area contributed by atoms with Crippen LogP contribution in [0.4, 0.5) is 4.79 Å². The lowest BCUT2D eigenvalue weighted by atomic mass is 10.1. The number of nitrogens with zero attached hydrogens (tertiary/aromatic N) is 2. The van der Waals surface area contributed by atoms with Gasteiger partial charge in [0.15, 0.2) is 11.5 Å². The first kappa shape index (κ1) is 17.1. The SMILES string of the molecule is C#CCOc1c(C=C2C(=O)N(C)C(=O)N(C)C2=O)cccc1OC. The van der Waals surface area contributed by atoms with Crippen LogP contribution in [-0.2, 0) is 9.59 Å². The van der Waals surface area contributed by atoms with Crippen LogP contribution in [-0.4, -0.2) is 55.5 Å². The van der Waals surface area contributed by atoms with E-state index < -0.39 is 17.8 Å². The molecule has 0 radical (unpaired) electrons. The van der Waals surface area contributed by atoms with Crippen molar-refractivity contribution in [2.75, 3.05) is 27.8 Å². The molecule has 1 fully saturated rings. The Labute approximate surface area is 139 Å². The fourth-order valence-electron chi connectivity index (χ4n) is 2.21. The Hall–Kier alpha value is -3.27. The average molecular weight is 328 g/mol. The highest BCUT2D eigenvalue weighted by Crippen LogP contribution is 2.33. The smallest absolute Gasteiger partial charge is 0.333 e. The quantitative estimate of drug-likeness (QED) is 0.471. The molecular formula is C17H16N2O5. The highest BCUT2D eigenvalue weighted by atomic mass is 16.5. The standard InChI is InChI=1S/C17H16N2O5/c1-5-9-24-14-11(7-6-8-13(14)23-4)10-12-15(20)18(2)17(22)19(3)16(12)21/h1,6-8,10H,9H2,2-4H3.